The molecule has 0 spiro atoms. The molecular weight excluding hydrogens is 1820 g/mol. The highest BCUT2D eigenvalue weighted by Crippen LogP contribution is 2.38. The summed E-state index contributed by atoms with van der Waals surface area (Å²) in [6.07, 6.45) is -2.86. The quantitative estimate of drug-likeness (QED) is 0.00371. The number of hydrogen-bond donors (Lipinski definition) is 15. The fourth-order valence-corrected chi connectivity index (χ4v) is 13.8. The third-order valence-electron chi connectivity index (χ3n) is 19.7. The number of nitro groups is 1. The van der Waals surface area contributed by atoms with Crippen LogP contribution in [0.15, 0.2) is 108 Å². The number of nitrogens with two attached hydrogens (primary N) is 1. The summed E-state index contributed by atoms with van der Waals surface area (Å²) in [5, 5.41) is 43.1. The van der Waals surface area contributed by atoms with Crippen LogP contribution in [0, 0.1) is 27.9 Å². The number of methoxy groups -OCH3 is 1. The van der Waals surface area contributed by atoms with Crippen LogP contribution >= 0.6 is 0 Å². The Morgan fingerprint density at radius 2 is 0.716 bits per heavy atom. The lowest BCUT2D eigenvalue weighted by Gasteiger charge is -2.32. The van der Waals surface area contributed by atoms with Crippen molar-refractivity contribution in [1.29, 1.82) is 0 Å². The lowest BCUT2D eigenvalue weighted by molar-refractivity contribution is -0.385. The summed E-state index contributed by atoms with van der Waals surface area (Å²) in [5.74, 6) is -0.0585. The average Bonchev–Trinajstić information content (AvgIpc) is 0.804. The van der Waals surface area contributed by atoms with Crippen molar-refractivity contribution in [3.8, 4) is 11.5 Å². The molecule has 0 bridgehead atoms. The maximum absolute atomic E-state index is 14.1. The smallest absolute Gasteiger partial charge is 0.408 e. The van der Waals surface area contributed by atoms with Crippen molar-refractivity contribution >= 4 is 88.8 Å². The van der Waals surface area contributed by atoms with Crippen LogP contribution in [-0.4, -0.2) is 215 Å². The largest absolute Gasteiger partial charge is 0.493 e. The minimum atomic E-state index is -1.32. The van der Waals surface area contributed by atoms with Crippen LogP contribution in [0.5, 0.6) is 11.5 Å². The van der Waals surface area contributed by atoms with Crippen molar-refractivity contribution in [2.75, 3.05) is 20.8 Å². The fourth-order valence-electron chi connectivity index (χ4n) is 13.8. The topological polar surface area (TPSA) is 546 Å². The van der Waals surface area contributed by atoms with Crippen LogP contribution in [0.3, 0.4) is 0 Å². The second-order valence-electron chi connectivity index (χ2n) is 41.8. The van der Waals surface area contributed by atoms with Gasteiger partial charge in [-0.15, -0.1) is 0 Å². The van der Waals surface area contributed by atoms with E-state index in [4.69, 9.17) is 43.7 Å². The summed E-state index contributed by atoms with van der Waals surface area (Å²) in [6, 6.07) is 19.4. The zero-order valence-corrected chi connectivity index (χ0v) is 88.8. The molecule has 4 aromatic carbocycles. The molecule has 0 aromatic heterocycles. The molecule has 0 radical (unpaired) electrons. The van der Waals surface area contributed by atoms with Crippen LogP contribution in [0.4, 0.5) is 20.1 Å². The molecule has 0 aliphatic carbocycles. The Labute approximate surface area is 832 Å². The molecule has 0 saturated carbocycles. The van der Waals surface area contributed by atoms with E-state index >= 15 is 0 Å². The Kier molecular flexibility index (Phi) is 52.2. The first-order valence-corrected chi connectivity index (χ1v) is 47.6. The lowest BCUT2D eigenvalue weighted by atomic mass is 10.0. The molecule has 13 atom stereocenters. The summed E-state index contributed by atoms with van der Waals surface area (Å²) >= 11 is 0. The molecule has 40 heteroatoms. The van der Waals surface area contributed by atoms with E-state index < -0.39 is 189 Å². The first-order chi connectivity index (χ1) is 65.1. The van der Waals surface area contributed by atoms with E-state index in [1.54, 1.807) is 137 Å². The molecule has 40 nitrogen and oxygen atoms in total. The molecule has 1 unspecified atom stereocenters. The molecule has 13 amide bonds. The zero-order chi connectivity index (χ0) is 108. The Morgan fingerprint density at radius 3 is 0.993 bits per heavy atom. The highest BCUT2D eigenvalue weighted by Gasteiger charge is 2.41. The van der Waals surface area contributed by atoms with E-state index in [0.717, 1.165) is 16.7 Å². The summed E-state index contributed by atoms with van der Waals surface area (Å²) in [4.78, 5) is 183. The molecular formula is C101H163N17O23. The first-order valence-electron chi connectivity index (χ1n) is 47.6. The maximum atomic E-state index is 14.1. The van der Waals surface area contributed by atoms with Crippen LogP contribution < -0.4 is 90.2 Å². The number of nitrogens with one attached hydrogen (secondary N) is 14. The second kappa shape index (κ2) is 58.9. The molecule has 0 aliphatic heterocycles. The van der Waals surface area contributed by atoms with Crippen molar-refractivity contribution in [3.05, 3.63) is 135 Å². The number of nitrogens with zero attached hydrogens (tertiary/aromatic N) is 2. The maximum Gasteiger partial charge on any atom is 0.408 e. The lowest BCUT2D eigenvalue weighted by Crippen LogP contribution is -2.61. The van der Waals surface area contributed by atoms with E-state index in [1.807, 2.05) is 162 Å². The van der Waals surface area contributed by atoms with E-state index in [2.05, 4.69) is 80.0 Å². The summed E-state index contributed by atoms with van der Waals surface area (Å²) < 4.78 is 45.3. The highest BCUT2D eigenvalue weighted by molar-refractivity contribution is 5.97. The summed E-state index contributed by atoms with van der Waals surface area (Å²) in [6.45, 7) is 53.3. The zero-order valence-electron chi connectivity index (χ0n) is 88.8. The normalized spacial score (nSPS) is 14.5. The van der Waals surface area contributed by atoms with Gasteiger partial charge in [-0.05, 0) is 232 Å². The van der Waals surface area contributed by atoms with Crippen LogP contribution in [0.25, 0.3) is 0 Å². The average molecular weight is 1980 g/mol. The number of hydrazine groups is 2. The van der Waals surface area contributed by atoms with Gasteiger partial charge in [0.2, 0.25) is 41.4 Å². The molecule has 4 aromatic rings. The van der Waals surface area contributed by atoms with Crippen molar-refractivity contribution < 1.29 is 105 Å². The number of hydrogen-bond acceptors (Lipinski definition) is 26. The number of carbonyl (C=O) groups excluding carboxylic acids is 13. The molecule has 0 fully saturated rings. The van der Waals surface area contributed by atoms with Gasteiger partial charge in [0, 0.05) is 38.4 Å². The molecule has 0 aliphatic rings. The van der Waals surface area contributed by atoms with Gasteiger partial charge in [-0.1, -0.05) is 133 Å². The number of benzene rings is 4. The number of amides is 13. The van der Waals surface area contributed by atoms with Gasteiger partial charge < -0.3 is 91.1 Å². The van der Waals surface area contributed by atoms with Gasteiger partial charge in [0.15, 0.2) is 11.5 Å². The van der Waals surface area contributed by atoms with Crippen LogP contribution in [0.2, 0.25) is 0 Å². The minimum Gasteiger partial charge on any atom is -0.493 e. The van der Waals surface area contributed by atoms with Crippen LogP contribution in [-0.2, 0) is 95.6 Å². The molecule has 141 heavy (non-hydrogen) atoms. The SMILES string of the molecule is CC(C)=NNC(=O)[C@@H](NC(=O)[C@H](CC(C)C)NC(=O)[C@H](Cc1ccccc1)NC(=O)OC(C)(C)C)[C@@H](C)OC(C)(C)C.CC(C)C[C@H](NC(=O)[C@H](Cc1ccccc1)NC(=O)OC(C)(C)C)C(=O)N[C@H](C(=O)NN)[C@@H](C)OC(C)(C)C.CNC(=O)CCCOc1cc([N+](=O)[O-])c(C(C)NNC(=O)[C@@H](NC(=O)[C@H](CC(C)C)NC(=O)[C@H](Cc2ccccc2)NC(=O)OC(C)(C)C)[C@@H](C)OC(C)(C)C)cc1OC. The number of ether oxygens (including phenoxy) is 8. The van der Waals surface area contributed by atoms with Crippen LogP contribution in [0.1, 0.15) is 268 Å². The molecule has 4 rings (SSSR count). The Hall–Kier alpha value is -12.1. The predicted octanol–water partition coefficient (Wildman–Crippen LogP) is 10.7. The summed E-state index contributed by atoms with van der Waals surface area (Å²) in [7, 11) is 2.90. The first kappa shape index (κ1) is 125. The number of hydrazone groups is 1. The number of carbonyl (C=O) groups is 13. The summed E-state index contributed by atoms with van der Waals surface area (Å²) in [5.41, 5.74) is 8.48. The van der Waals surface area contributed by atoms with E-state index in [0.29, 0.717) is 12.1 Å². The number of alkyl carbamates (subject to hydrolysis) is 3. The predicted molar refractivity (Wildman–Crippen MR) is 538 cm³/mol. The van der Waals surface area contributed by atoms with E-state index in [1.165, 1.54) is 26.3 Å². The van der Waals surface area contributed by atoms with Gasteiger partial charge in [0.25, 0.3) is 23.4 Å². The third-order valence-corrected chi connectivity index (χ3v) is 19.7. The van der Waals surface area contributed by atoms with E-state index in [-0.39, 0.29) is 98.0 Å². The number of rotatable bonds is 47. The molecule has 0 saturated heterocycles. The monoisotopic (exact) mass is 1980 g/mol. The number of nitro benzene ring substituents is 1. The Morgan fingerprint density at radius 1 is 0.404 bits per heavy atom. The molecule has 0 heterocycles. The van der Waals surface area contributed by atoms with Crippen molar-refractivity contribution in [2.45, 2.75) is 371 Å². The minimum absolute atomic E-state index is 0.0234. The van der Waals surface area contributed by atoms with Gasteiger partial charge in [-0.2, -0.15) is 5.10 Å². The Bertz CT molecular complexity index is 4690. The van der Waals surface area contributed by atoms with Crippen molar-refractivity contribution in [2.24, 2.45) is 28.7 Å². The Balaban J connectivity index is 0.000000738. The van der Waals surface area contributed by atoms with Gasteiger partial charge in [0.05, 0.1) is 71.4 Å². The third kappa shape index (κ3) is 52.3. The van der Waals surface area contributed by atoms with E-state index in [9.17, 15) is 72.4 Å². The van der Waals surface area contributed by atoms with Crippen molar-refractivity contribution in [3.63, 3.8) is 0 Å². The standard InChI is InChI=1S/C42H65N7O11.C31H51N5O6.C28H47N5O6/c1-25(2)21-30(44-37(51)31(22-28-17-14-13-15-18-28)45-40(54)60-42(8,9)10)38(52)46-36(27(4)59-41(5,6)7)39(53)48-47-26(3)29-23-33(57-12)34(24-32(29)49(55)56)58-20-16-19-35(50)43-11;1-19(2)17-23(27(38)34-25(21(5)41-30(6,7)8)28(39)36-35-20(3)4)32-26(37)24(18-22-15-13-12-14-16-22)33-29(40)42-31(9,10)11;1-17(2)15-20(24(35)32-22(25(36)33-29)18(3)38-27(4,5)6)30-23(34)21(16-19-13-11-10-12-14-19)31-26(37)39-28(7,8)9/h13-15,17-18,23-27,30-31,36,47H,16,19-22H2,1-12H3,(H,43,50)(H,44,51)(H,45,54)(H,46,52)(H,48,53);12-16,19,21,23-25H,17-18H2,1-11H3,(H,32,37)(H,33,40)(H,34,38)(H,36,39);10-14,17-18,20-22H,15-16,29H2,1-9H3,(H,30,34)(H,31,37)(H,32,35)(H,33,36)/t26?,27-,30+,31+,36+;21-,23+,24+,25+;18-,20+,21+,22+/m111/s1. The molecule has 16 N–H and O–H groups in total. The van der Waals surface area contributed by atoms with Gasteiger partial charge >= 0.3 is 18.3 Å². The fraction of sp³-hybridized carbons (Fsp3) is 0.624. The highest BCUT2D eigenvalue weighted by atomic mass is 16.6. The molecule has 790 valence electrons. The van der Waals surface area contributed by atoms with Gasteiger partial charge in [0.1, 0.15) is 71.2 Å². The van der Waals surface area contributed by atoms with Crippen molar-refractivity contribution in [1.82, 2.24) is 74.9 Å². The second-order valence-corrected chi connectivity index (χ2v) is 41.8. The van der Waals surface area contributed by atoms with Gasteiger partial charge in [-0.25, -0.2) is 31.1 Å². The van der Waals surface area contributed by atoms with Gasteiger partial charge in [-0.3, -0.25) is 68.9 Å².